The highest BCUT2D eigenvalue weighted by Gasteiger charge is 2.35. The van der Waals surface area contributed by atoms with E-state index >= 15 is 0 Å². The number of ether oxygens (including phenoxy) is 2. The Morgan fingerprint density at radius 1 is 1.47 bits per heavy atom. The molecule has 104 valence electrons. The van der Waals surface area contributed by atoms with Crippen LogP contribution in [-0.4, -0.2) is 29.3 Å². The normalized spacial score (nSPS) is 11.0. The molecule has 1 rings (SSSR count). The van der Waals surface area contributed by atoms with Crippen LogP contribution in [0.4, 0.5) is 18.9 Å². The molecular weight excluding hydrogens is 273 g/mol. The molecule has 0 spiro atoms. The Balaban J connectivity index is 3.39. The molecule has 0 fully saturated rings. The first kappa shape index (κ1) is 14.7. The van der Waals surface area contributed by atoms with Crippen LogP contribution in [0.25, 0.3) is 0 Å². The van der Waals surface area contributed by atoms with Crippen molar-refractivity contribution in [2.24, 2.45) is 0 Å². The molecule has 0 aliphatic heterocycles. The summed E-state index contributed by atoms with van der Waals surface area (Å²) in [6, 6.07) is 0. The van der Waals surface area contributed by atoms with Crippen LogP contribution in [0.1, 0.15) is 15.9 Å². The molecule has 0 atom stereocenters. The van der Waals surface area contributed by atoms with E-state index in [0.717, 1.165) is 14.0 Å². The van der Waals surface area contributed by atoms with Gasteiger partial charge >= 0.3 is 12.3 Å². The third-order valence-electron chi connectivity index (χ3n) is 2.04. The zero-order valence-electron chi connectivity index (χ0n) is 9.65. The van der Waals surface area contributed by atoms with Gasteiger partial charge in [-0.05, 0) is 6.92 Å². The van der Waals surface area contributed by atoms with Gasteiger partial charge in [0.1, 0.15) is 0 Å². The third kappa shape index (κ3) is 3.30. The van der Waals surface area contributed by atoms with E-state index in [1.165, 1.54) is 0 Å². The lowest BCUT2D eigenvalue weighted by Gasteiger charge is -2.11. The topological polar surface area (TPSA) is 91.6 Å². The van der Waals surface area contributed by atoms with E-state index in [1.54, 1.807) is 0 Å². The Labute approximate surface area is 104 Å². The second-order valence-corrected chi connectivity index (χ2v) is 3.25. The van der Waals surface area contributed by atoms with Gasteiger partial charge in [0.25, 0.3) is 5.69 Å². The van der Waals surface area contributed by atoms with Crippen molar-refractivity contribution in [1.82, 2.24) is 4.98 Å². The van der Waals surface area contributed by atoms with E-state index in [-0.39, 0.29) is 0 Å². The fourth-order valence-electron chi connectivity index (χ4n) is 1.29. The van der Waals surface area contributed by atoms with Crippen LogP contribution in [-0.2, 0) is 4.74 Å². The summed E-state index contributed by atoms with van der Waals surface area (Å²) in [5.74, 6) is -2.08. The molecule has 10 heteroatoms. The molecule has 0 saturated carbocycles. The number of methoxy groups -OCH3 is 1. The molecule has 7 nitrogen and oxygen atoms in total. The largest absolute Gasteiger partial charge is 0.574 e. The molecule has 0 radical (unpaired) electrons. The van der Waals surface area contributed by atoms with Crippen LogP contribution in [0.3, 0.4) is 0 Å². The van der Waals surface area contributed by atoms with Crippen molar-refractivity contribution < 1.29 is 32.4 Å². The minimum atomic E-state index is -5.04. The Morgan fingerprint density at radius 2 is 2.05 bits per heavy atom. The quantitative estimate of drug-likeness (QED) is 0.477. The van der Waals surface area contributed by atoms with Crippen LogP contribution in [0.5, 0.6) is 5.88 Å². The number of alkyl halides is 3. The number of rotatable bonds is 3. The van der Waals surface area contributed by atoms with Crippen molar-refractivity contribution in [1.29, 1.82) is 0 Å². The van der Waals surface area contributed by atoms with Crippen LogP contribution >= 0.6 is 0 Å². The average molecular weight is 280 g/mol. The predicted molar refractivity (Wildman–Crippen MR) is 53.7 cm³/mol. The molecule has 0 saturated heterocycles. The summed E-state index contributed by atoms with van der Waals surface area (Å²) in [6.45, 7) is 0.985. The molecule has 1 aromatic heterocycles. The molecule has 19 heavy (non-hydrogen) atoms. The fraction of sp³-hybridized carbons (Fsp3) is 0.333. The number of aromatic nitrogens is 1. The number of carbonyl (C=O) groups is 1. The summed E-state index contributed by atoms with van der Waals surface area (Å²) in [6.07, 6.45) is -4.45. The third-order valence-corrected chi connectivity index (χ3v) is 2.04. The molecule has 0 N–H and O–H groups in total. The van der Waals surface area contributed by atoms with E-state index in [4.69, 9.17) is 0 Å². The van der Waals surface area contributed by atoms with E-state index in [1.807, 2.05) is 0 Å². The number of halogens is 3. The first-order chi connectivity index (χ1) is 8.67. The van der Waals surface area contributed by atoms with Gasteiger partial charge in [-0.2, -0.15) is 0 Å². The van der Waals surface area contributed by atoms with E-state index < -0.39 is 39.9 Å². The van der Waals surface area contributed by atoms with Crippen LogP contribution in [0.2, 0.25) is 0 Å². The lowest BCUT2D eigenvalue weighted by molar-refractivity contribution is -0.386. The van der Waals surface area contributed by atoms with Gasteiger partial charge in [0, 0.05) is 0 Å². The molecular formula is C9H7F3N2O5. The van der Waals surface area contributed by atoms with E-state index in [2.05, 4.69) is 14.5 Å². The molecule has 1 heterocycles. The summed E-state index contributed by atoms with van der Waals surface area (Å²) in [4.78, 5) is 24.3. The number of hydrogen-bond donors (Lipinski definition) is 0. The Hall–Kier alpha value is -2.39. The highest BCUT2D eigenvalue weighted by Crippen LogP contribution is 2.32. The number of esters is 1. The first-order valence-corrected chi connectivity index (χ1v) is 4.65. The van der Waals surface area contributed by atoms with Gasteiger partial charge in [-0.15, -0.1) is 13.2 Å². The smallest absolute Gasteiger partial charge is 0.465 e. The highest BCUT2D eigenvalue weighted by atomic mass is 19.4. The van der Waals surface area contributed by atoms with Crippen molar-refractivity contribution in [3.8, 4) is 5.88 Å². The standard InChI is InChI=1S/C9H7F3N2O5/c1-4-6(14(16)17)5(8(15)18-2)3-13-7(4)19-9(10,11)12/h3H,1-2H3. The molecule has 0 bridgehead atoms. The maximum atomic E-state index is 12.1. The van der Waals surface area contributed by atoms with Gasteiger partial charge in [-0.1, -0.05) is 0 Å². The lowest BCUT2D eigenvalue weighted by Crippen LogP contribution is -2.19. The van der Waals surface area contributed by atoms with Crippen LogP contribution < -0.4 is 4.74 Å². The van der Waals surface area contributed by atoms with Crippen molar-refractivity contribution in [3.05, 3.63) is 27.4 Å². The summed E-state index contributed by atoms with van der Waals surface area (Å²) < 4.78 is 44.0. The summed E-state index contributed by atoms with van der Waals surface area (Å²) >= 11 is 0. The number of nitro groups is 1. The van der Waals surface area contributed by atoms with Gasteiger partial charge in [0.2, 0.25) is 5.88 Å². The van der Waals surface area contributed by atoms with Crippen LogP contribution in [0, 0.1) is 17.0 Å². The van der Waals surface area contributed by atoms with Crippen molar-refractivity contribution in [2.45, 2.75) is 13.3 Å². The molecule has 0 aliphatic carbocycles. The Morgan fingerprint density at radius 3 is 2.47 bits per heavy atom. The summed E-state index contributed by atoms with van der Waals surface area (Å²) in [7, 11) is 0.974. The SMILES string of the molecule is COC(=O)c1cnc(OC(F)(F)F)c(C)c1[N+](=O)[O-]. The Kier molecular flexibility index (Phi) is 3.92. The second-order valence-electron chi connectivity index (χ2n) is 3.25. The maximum Gasteiger partial charge on any atom is 0.574 e. The first-order valence-electron chi connectivity index (χ1n) is 4.65. The highest BCUT2D eigenvalue weighted by molar-refractivity contribution is 5.94. The average Bonchev–Trinajstić information content (AvgIpc) is 2.28. The maximum absolute atomic E-state index is 12.1. The fourth-order valence-corrected chi connectivity index (χ4v) is 1.29. The lowest BCUT2D eigenvalue weighted by atomic mass is 10.1. The van der Waals surface area contributed by atoms with Crippen LogP contribution in [0.15, 0.2) is 6.20 Å². The van der Waals surface area contributed by atoms with E-state index in [9.17, 15) is 28.1 Å². The minimum absolute atomic E-state index is 0.523. The molecule has 0 aromatic carbocycles. The second kappa shape index (κ2) is 5.08. The number of carbonyl (C=O) groups excluding carboxylic acids is 1. The van der Waals surface area contributed by atoms with Gasteiger partial charge in [-0.3, -0.25) is 10.1 Å². The molecule has 0 amide bonds. The van der Waals surface area contributed by atoms with E-state index in [0.29, 0.717) is 6.20 Å². The number of pyridine rings is 1. The number of hydrogen-bond acceptors (Lipinski definition) is 6. The van der Waals surface area contributed by atoms with Gasteiger partial charge in [0.05, 0.1) is 23.8 Å². The summed E-state index contributed by atoms with van der Waals surface area (Å²) in [5, 5.41) is 10.8. The van der Waals surface area contributed by atoms with Crippen molar-refractivity contribution >= 4 is 11.7 Å². The molecule has 0 unspecified atom stereocenters. The minimum Gasteiger partial charge on any atom is -0.465 e. The number of nitrogens with zero attached hydrogens (tertiary/aromatic N) is 2. The van der Waals surface area contributed by atoms with Gasteiger partial charge in [0.15, 0.2) is 5.56 Å². The Bertz CT molecular complexity index is 529. The molecule has 1 aromatic rings. The van der Waals surface area contributed by atoms with Gasteiger partial charge < -0.3 is 9.47 Å². The predicted octanol–water partition coefficient (Wildman–Crippen LogP) is 1.98. The zero-order chi connectivity index (χ0) is 14.8. The van der Waals surface area contributed by atoms with Crippen molar-refractivity contribution in [3.63, 3.8) is 0 Å². The van der Waals surface area contributed by atoms with Gasteiger partial charge in [-0.25, -0.2) is 9.78 Å². The monoisotopic (exact) mass is 280 g/mol. The zero-order valence-corrected chi connectivity index (χ0v) is 9.65. The summed E-state index contributed by atoms with van der Waals surface area (Å²) in [5.41, 5.74) is -1.93. The van der Waals surface area contributed by atoms with Crippen molar-refractivity contribution in [2.75, 3.05) is 7.11 Å². The molecule has 0 aliphatic rings.